The fourth-order valence-electron chi connectivity index (χ4n) is 2.41. The molecule has 0 amide bonds. The number of thioether (sulfide) groups is 1. The average Bonchev–Trinajstić information content (AvgIpc) is 3.19. The summed E-state index contributed by atoms with van der Waals surface area (Å²) in [7, 11) is 0. The van der Waals surface area contributed by atoms with Crippen LogP contribution in [0.25, 0.3) is 5.65 Å². The van der Waals surface area contributed by atoms with Gasteiger partial charge in [-0.2, -0.15) is 0 Å². The molecule has 10 heteroatoms. The lowest BCUT2D eigenvalue weighted by Crippen LogP contribution is -2.16. The van der Waals surface area contributed by atoms with E-state index in [-0.39, 0.29) is 23.4 Å². The van der Waals surface area contributed by atoms with Crippen LogP contribution in [0.2, 0.25) is 0 Å². The number of nitrogens with zero attached hydrogens (tertiary/aromatic N) is 5. The Balaban J connectivity index is 1.89. The lowest BCUT2D eigenvalue weighted by atomic mass is 10.3. The molecular weight excluding hydrogens is 356 g/mol. The Bertz CT molecular complexity index is 1020. The summed E-state index contributed by atoms with van der Waals surface area (Å²) in [5.41, 5.74) is 0.706. The van der Waals surface area contributed by atoms with E-state index in [9.17, 15) is 9.59 Å². The molecule has 3 aromatic heterocycles. The van der Waals surface area contributed by atoms with E-state index in [1.165, 1.54) is 28.5 Å². The zero-order chi connectivity index (χ0) is 18.7. The molecule has 0 aliphatic rings. The summed E-state index contributed by atoms with van der Waals surface area (Å²) in [5.74, 6) is 0.671. The molecule has 0 aliphatic heterocycles. The van der Waals surface area contributed by atoms with E-state index >= 15 is 0 Å². The van der Waals surface area contributed by atoms with Crippen molar-refractivity contribution < 1.29 is 9.53 Å². The minimum atomic E-state index is -0.524. The number of ether oxygens (including phenoxy) is 1. The summed E-state index contributed by atoms with van der Waals surface area (Å²) in [5, 5.41) is 11.6. The molecule has 3 rings (SSSR count). The molecule has 1 N–H and O–H groups in total. The first-order valence-corrected chi connectivity index (χ1v) is 8.94. The summed E-state index contributed by atoms with van der Waals surface area (Å²) < 4.78 is 8.13. The van der Waals surface area contributed by atoms with Crippen molar-refractivity contribution in [3.8, 4) is 0 Å². The minimum Gasteiger partial charge on any atom is -0.462 e. The Hall–Kier alpha value is -2.88. The number of rotatable bonds is 7. The van der Waals surface area contributed by atoms with Gasteiger partial charge in [0.05, 0.1) is 12.3 Å². The predicted octanol–water partition coefficient (Wildman–Crippen LogP) is 1.58. The van der Waals surface area contributed by atoms with Crippen molar-refractivity contribution in [2.45, 2.75) is 31.3 Å². The number of allylic oxidation sites excluding steroid dienone is 1. The Morgan fingerprint density at radius 2 is 2.27 bits per heavy atom. The van der Waals surface area contributed by atoms with Gasteiger partial charge in [0, 0.05) is 24.6 Å². The Morgan fingerprint density at radius 3 is 3.00 bits per heavy atom. The maximum Gasteiger partial charge on any atom is 0.343 e. The molecule has 0 spiro atoms. The van der Waals surface area contributed by atoms with E-state index in [1.54, 1.807) is 13.0 Å². The third kappa shape index (κ3) is 3.40. The predicted molar refractivity (Wildman–Crippen MR) is 96.3 cm³/mol. The Labute approximate surface area is 153 Å². The molecule has 0 fully saturated rings. The van der Waals surface area contributed by atoms with Gasteiger partial charge in [-0.25, -0.2) is 14.3 Å². The van der Waals surface area contributed by atoms with E-state index in [0.717, 1.165) is 5.82 Å². The van der Waals surface area contributed by atoms with Crippen LogP contribution >= 0.6 is 11.8 Å². The Kier molecular flexibility index (Phi) is 5.21. The summed E-state index contributed by atoms with van der Waals surface area (Å²) in [4.78, 5) is 28.7. The van der Waals surface area contributed by atoms with Crippen LogP contribution in [0.5, 0.6) is 0 Å². The highest BCUT2D eigenvalue weighted by Crippen LogP contribution is 2.21. The topological polar surface area (TPSA) is 107 Å². The quantitative estimate of drug-likeness (QED) is 0.380. The van der Waals surface area contributed by atoms with Gasteiger partial charge in [0.1, 0.15) is 11.4 Å². The second-order valence-corrected chi connectivity index (χ2v) is 6.31. The van der Waals surface area contributed by atoms with E-state index in [2.05, 4.69) is 26.9 Å². The maximum absolute atomic E-state index is 12.3. The van der Waals surface area contributed by atoms with Gasteiger partial charge in [0.15, 0.2) is 10.8 Å². The number of hydrogen-bond donors (Lipinski definition) is 1. The van der Waals surface area contributed by atoms with Crippen LogP contribution in [0.3, 0.4) is 0 Å². The first-order valence-electron chi connectivity index (χ1n) is 7.95. The molecule has 0 atom stereocenters. The summed E-state index contributed by atoms with van der Waals surface area (Å²) in [6.45, 7) is 8.15. The van der Waals surface area contributed by atoms with Crippen molar-refractivity contribution in [2.24, 2.45) is 0 Å². The zero-order valence-electron chi connectivity index (χ0n) is 14.4. The molecular formula is C16H18N6O3S. The summed E-state index contributed by atoms with van der Waals surface area (Å²) in [6.07, 6.45) is 3.19. The zero-order valence-corrected chi connectivity index (χ0v) is 15.2. The van der Waals surface area contributed by atoms with Crippen LogP contribution in [-0.2, 0) is 17.0 Å². The smallest absolute Gasteiger partial charge is 0.343 e. The number of esters is 1. The summed E-state index contributed by atoms with van der Waals surface area (Å²) in [6, 6.07) is 1.42. The van der Waals surface area contributed by atoms with E-state index < -0.39 is 5.97 Å². The van der Waals surface area contributed by atoms with Crippen molar-refractivity contribution in [1.82, 2.24) is 29.4 Å². The van der Waals surface area contributed by atoms with Crippen LogP contribution in [0.1, 0.15) is 28.8 Å². The molecule has 136 valence electrons. The number of nitrogens with one attached hydrogen (secondary N) is 1. The SMILES string of the molecule is C=CCn1c(C)nnc1SCc1cc(=O)n2[nH]cc(C(=O)OCC)c2n1. The van der Waals surface area contributed by atoms with Gasteiger partial charge in [-0.15, -0.1) is 16.8 Å². The second-order valence-electron chi connectivity index (χ2n) is 5.37. The second kappa shape index (κ2) is 7.56. The number of hydrogen-bond acceptors (Lipinski definition) is 7. The monoisotopic (exact) mass is 374 g/mol. The third-order valence-corrected chi connectivity index (χ3v) is 4.61. The van der Waals surface area contributed by atoms with Crippen molar-refractivity contribution in [3.63, 3.8) is 0 Å². The standard InChI is InChI=1S/C16H18N6O3S/c1-4-6-21-10(3)19-20-16(21)26-9-11-7-13(23)22-14(18-11)12(8-17-22)15(24)25-5-2/h4,7-8,17H,1,5-6,9H2,2-3H3. The number of H-pyrrole nitrogens is 1. The molecule has 3 heterocycles. The summed E-state index contributed by atoms with van der Waals surface area (Å²) >= 11 is 1.41. The number of aromatic amines is 1. The normalized spacial score (nSPS) is 11.0. The number of aromatic nitrogens is 6. The highest BCUT2D eigenvalue weighted by Gasteiger charge is 2.17. The van der Waals surface area contributed by atoms with Crippen molar-refractivity contribution in [2.75, 3.05) is 6.61 Å². The van der Waals surface area contributed by atoms with Gasteiger partial charge in [0.2, 0.25) is 0 Å². The molecule has 0 radical (unpaired) electrons. The van der Waals surface area contributed by atoms with Gasteiger partial charge in [0.25, 0.3) is 5.56 Å². The molecule has 26 heavy (non-hydrogen) atoms. The van der Waals surface area contributed by atoms with Gasteiger partial charge in [-0.1, -0.05) is 17.8 Å². The number of carbonyl (C=O) groups excluding carboxylic acids is 1. The number of carbonyl (C=O) groups is 1. The highest BCUT2D eigenvalue weighted by atomic mass is 32.2. The highest BCUT2D eigenvalue weighted by molar-refractivity contribution is 7.98. The largest absolute Gasteiger partial charge is 0.462 e. The molecule has 0 saturated carbocycles. The fourth-order valence-corrected chi connectivity index (χ4v) is 3.29. The van der Waals surface area contributed by atoms with Crippen LogP contribution in [-0.4, -0.2) is 41.9 Å². The molecule has 9 nitrogen and oxygen atoms in total. The van der Waals surface area contributed by atoms with Crippen LogP contribution in [0.15, 0.2) is 34.9 Å². The van der Waals surface area contributed by atoms with Crippen molar-refractivity contribution >= 4 is 23.4 Å². The Morgan fingerprint density at radius 1 is 1.46 bits per heavy atom. The van der Waals surface area contributed by atoms with Gasteiger partial charge in [-0.05, 0) is 13.8 Å². The lowest BCUT2D eigenvalue weighted by Gasteiger charge is -2.05. The van der Waals surface area contributed by atoms with E-state index in [0.29, 0.717) is 23.1 Å². The number of fused-ring (bicyclic) bond motifs is 1. The minimum absolute atomic E-state index is 0.224. The first kappa shape index (κ1) is 17.9. The molecule has 0 bridgehead atoms. The van der Waals surface area contributed by atoms with Crippen LogP contribution in [0, 0.1) is 6.92 Å². The van der Waals surface area contributed by atoms with E-state index in [1.807, 2.05) is 11.5 Å². The molecule has 0 unspecified atom stereocenters. The van der Waals surface area contributed by atoms with Gasteiger partial charge < -0.3 is 9.30 Å². The third-order valence-electron chi connectivity index (χ3n) is 3.61. The van der Waals surface area contributed by atoms with Crippen LogP contribution < -0.4 is 5.56 Å². The molecule has 0 aliphatic carbocycles. The molecule has 0 aromatic carbocycles. The van der Waals surface area contributed by atoms with Gasteiger partial charge >= 0.3 is 5.97 Å². The number of aryl methyl sites for hydroxylation is 1. The maximum atomic E-state index is 12.3. The average molecular weight is 374 g/mol. The first-order chi connectivity index (χ1) is 12.5. The van der Waals surface area contributed by atoms with E-state index in [4.69, 9.17) is 4.74 Å². The van der Waals surface area contributed by atoms with Gasteiger partial charge in [-0.3, -0.25) is 9.89 Å². The van der Waals surface area contributed by atoms with Crippen molar-refractivity contribution in [3.05, 3.63) is 52.4 Å². The van der Waals surface area contributed by atoms with Crippen molar-refractivity contribution in [1.29, 1.82) is 0 Å². The lowest BCUT2D eigenvalue weighted by molar-refractivity contribution is 0.0528. The van der Waals surface area contributed by atoms with Crippen LogP contribution in [0.4, 0.5) is 0 Å². The fraction of sp³-hybridized carbons (Fsp3) is 0.312. The molecule has 3 aromatic rings. The molecule has 0 saturated heterocycles.